The molecule has 1 aliphatic carbocycles. The Morgan fingerprint density at radius 1 is 1.20 bits per heavy atom. The lowest BCUT2D eigenvalue weighted by Gasteiger charge is -2.20. The van der Waals surface area contributed by atoms with Crippen molar-refractivity contribution in [3.05, 3.63) is 29.8 Å². The van der Waals surface area contributed by atoms with E-state index >= 15 is 0 Å². The highest BCUT2D eigenvalue weighted by Crippen LogP contribution is 2.25. The highest BCUT2D eigenvalue weighted by atomic mass is 32.2. The molecule has 25 heavy (non-hydrogen) atoms. The first kappa shape index (κ1) is 19.7. The van der Waals surface area contributed by atoms with Gasteiger partial charge in [-0.15, -0.1) is 0 Å². The molecule has 0 heterocycles. The SMILES string of the molecule is CCN(CCNC(=NC)NCCc1ccc(S(C)(=O)=O)cc1)C1CC1. The molecule has 1 saturated carbocycles. The van der Waals surface area contributed by atoms with Gasteiger partial charge >= 0.3 is 0 Å². The van der Waals surface area contributed by atoms with E-state index in [0.717, 1.165) is 50.2 Å². The van der Waals surface area contributed by atoms with Crippen molar-refractivity contribution >= 4 is 15.8 Å². The van der Waals surface area contributed by atoms with Gasteiger partial charge in [0.1, 0.15) is 0 Å². The van der Waals surface area contributed by atoms with Crippen LogP contribution in [0.15, 0.2) is 34.2 Å². The Morgan fingerprint density at radius 3 is 2.36 bits per heavy atom. The number of hydrogen-bond donors (Lipinski definition) is 2. The van der Waals surface area contributed by atoms with Gasteiger partial charge in [-0.05, 0) is 43.5 Å². The van der Waals surface area contributed by atoms with Crippen LogP contribution in [0.1, 0.15) is 25.3 Å². The number of guanidine groups is 1. The van der Waals surface area contributed by atoms with Crippen molar-refractivity contribution in [3.63, 3.8) is 0 Å². The second-order valence-corrected chi connectivity index (χ2v) is 8.47. The number of sulfone groups is 1. The van der Waals surface area contributed by atoms with Gasteiger partial charge in [0.25, 0.3) is 0 Å². The Bertz CT molecular complexity index is 667. The molecule has 0 radical (unpaired) electrons. The number of benzene rings is 1. The van der Waals surface area contributed by atoms with Gasteiger partial charge in [0.2, 0.25) is 0 Å². The summed E-state index contributed by atoms with van der Waals surface area (Å²) in [6.07, 6.45) is 4.70. The van der Waals surface area contributed by atoms with Crippen LogP contribution in [0.25, 0.3) is 0 Å². The number of nitrogens with one attached hydrogen (secondary N) is 2. The largest absolute Gasteiger partial charge is 0.356 e. The van der Waals surface area contributed by atoms with Crippen molar-refractivity contribution in [3.8, 4) is 0 Å². The van der Waals surface area contributed by atoms with Gasteiger partial charge in [0.05, 0.1) is 4.90 Å². The average Bonchev–Trinajstić information content (AvgIpc) is 3.41. The molecule has 2 rings (SSSR count). The molecule has 0 bridgehead atoms. The quantitative estimate of drug-likeness (QED) is 0.509. The predicted molar refractivity (Wildman–Crippen MR) is 103 cm³/mol. The fraction of sp³-hybridized carbons (Fsp3) is 0.611. The van der Waals surface area contributed by atoms with Crippen molar-refractivity contribution < 1.29 is 8.42 Å². The van der Waals surface area contributed by atoms with E-state index < -0.39 is 9.84 Å². The standard InChI is InChI=1S/C18H30N4O2S/c1-4-22(16-7-8-16)14-13-21-18(19-2)20-12-11-15-5-9-17(10-6-15)25(3,23)24/h5-6,9-10,16H,4,7-8,11-14H2,1-3H3,(H2,19,20,21). The van der Waals surface area contributed by atoms with Gasteiger partial charge in [-0.25, -0.2) is 8.42 Å². The molecule has 1 aromatic carbocycles. The zero-order valence-electron chi connectivity index (χ0n) is 15.5. The van der Waals surface area contributed by atoms with Crippen LogP contribution in [-0.2, 0) is 16.3 Å². The minimum Gasteiger partial charge on any atom is -0.356 e. The summed E-state index contributed by atoms with van der Waals surface area (Å²) in [5.41, 5.74) is 1.10. The summed E-state index contributed by atoms with van der Waals surface area (Å²) in [4.78, 5) is 7.11. The van der Waals surface area contributed by atoms with E-state index in [1.54, 1.807) is 19.2 Å². The van der Waals surface area contributed by atoms with Crippen LogP contribution >= 0.6 is 0 Å². The predicted octanol–water partition coefficient (Wildman–Crippen LogP) is 1.28. The van der Waals surface area contributed by atoms with E-state index in [9.17, 15) is 8.42 Å². The Morgan fingerprint density at radius 2 is 1.84 bits per heavy atom. The summed E-state index contributed by atoms with van der Waals surface area (Å²) >= 11 is 0. The van der Waals surface area contributed by atoms with Crippen LogP contribution in [0.5, 0.6) is 0 Å². The Balaban J connectivity index is 1.70. The highest BCUT2D eigenvalue weighted by molar-refractivity contribution is 7.90. The van der Waals surface area contributed by atoms with E-state index in [-0.39, 0.29) is 0 Å². The van der Waals surface area contributed by atoms with Crippen molar-refractivity contribution in [1.82, 2.24) is 15.5 Å². The van der Waals surface area contributed by atoms with Crippen LogP contribution < -0.4 is 10.6 Å². The maximum Gasteiger partial charge on any atom is 0.191 e. The fourth-order valence-corrected chi connectivity index (χ4v) is 3.44. The van der Waals surface area contributed by atoms with E-state index in [1.807, 2.05) is 12.1 Å². The topological polar surface area (TPSA) is 73.8 Å². The highest BCUT2D eigenvalue weighted by Gasteiger charge is 2.27. The van der Waals surface area contributed by atoms with Crippen LogP contribution in [-0.4, -0.2) is 64.8 Å². The Labute approximate surface area is 151 Å². The normalized spacial score (nSPS) is 15.4. The van der Waals surface area contributed by atoms with Crippen LogP contribution in [0.3, 0.4) is 0 Å². The summed E-state index contributed by atoms with van der Waals surface area (Å²) in [6, 6.07) is 7.84. The third-order valence-electron chi connectivity index (χ3n) is 4.44. The lowest BCUT2D eigenvalue weighted by molar-refractivity contribution is 0.282. The minimum absolute atomic E-state index is 0.359. The first-order valence-electron chi connectivity index (χ1n) is 8.91. The zero-order valence-corrected chi connectivity index (χ0v) is 16.3. The minimum atomic E-state index is -3.13. The van der Waals surface area contributed by atoms with Gasteiger partial charge in [0.15, 0.2) is 15.8 Å². The molecular formula is C18H30N4O2S. The van der Waals surface area contributed by atoms with Crippen molar-refractivity contribution in [1.29, 1.82) is 0 Å². The van der Waals surface area contributed by atoms with E-state index in [1.165, 1.54) is 19.1 Å². The van der Waals surface area contributed by atoms with Crippen LogP contribution in [0.2, 0.25) is 0 Å². The van der Waals surface area contributed by atoms with Crippen molar-refractivity contribution in [2.45, 2.75) is 37.1 Å². The van der Waals surface area contributed by atoms with Gasteiger partial charge in [0, 0.05) is 39.0 Å². The number of nitrogens with zero attached hydrogens (tertiary/aromatic N) is 2. The number of rotatable bonds is 9. The summed E-state index contributed by atoms with van der Waals surface area (Å²) in [5, 5.41) is 6.65. The van der Waals surface area contributed by atoms with Crippen molar-refractivity contribution in [2.24, 2.45) is 4.99 Å². The first-order chi connectivity index (χ1) is 11.9. The molecule has 1 aliphatic rings. The summed E-state index contributed by atoms with van der Waals surface area (Å²) < 4.78 is 22.9. The maximum atomic E-state index is 11.5. The van der Waals surface area contributed by atoms with Crippen molar-refractivity contribution in [2.75, 3.05) is 39.5 Å². The molecule has 0 spiro atoms. The molecule has 0 atom stereocenters. The van der Waals surface area contributed by atoms with Crippen LogP contribution in [0.4, 0.5) is 0 Å². The summed E-state index contributed by atoms with van der Waals surface area (Å²) in [6.45, 7) is 5.97. The fourth-order valence-electron chi connectivity index (χ4n) is 2.81. The molecule has 2 N–H and O–H groups in total. The zero-order chi connectivity index (χ0) is 18.3. The Hall–Kier alpha value is -1.60. The molecule has 1 fully saturated rings. The van der Waals surface area contributed by atoms with Gasteiger partial charge in [-0.3, -0.25) is 9.89 Å². The van der Waals surface area contributed by atoms with Gasteiger partial charge in [-0.1, -0.05) is 19.1 Å². The van der Waals surface area contributed by atoms with E-state index in [4.69, 9.17) is 0 Å². The van der Waals surface area contributed by atoms with Crippen LogP contribution in [0, 0.1) is 0 Å². The number of likely N-dealkylation sites (N-methyl/N-ethyl adjacent to an activating group) is 1. The number of aliphatic imine (C=N–C) groups is 1. The lowest BCUT2D eigenvalue weighted by Crippen LogP contribution is -2.42. The van der Waals surface area contributed by atoms with Gasteiger partial charge < -0.3 is 10.6 Å². The molecule has 0 saturated heterocycles. The first-order valence-corrected chi connectivity index (χ1v) is 10.8. The molecule has 140 valence electrons. The van der Waals surface area contributed by atoms with Gasteiger partial charge in [-0.2, -0.15) is 0 Å². The van der Waals surface area contributed by atoms with E-state index in [2.05, 4.69) is 27.4 Å². The molecule has 7 heteroatoms. The molecule has 0 aromatic heterocycles. The average molecular weight is 367 g/mol. The molecule has 0 aliphatic heterocycles. The second kappa shape index (κ2) is 9.20. The molecule has 1 aromatic rings. The summed E-state index contributed by atoms with van der Waals surface area (Å²) in [5.74, 6) is 0.805. The molecule has 0 amide bonds. The third-order valence-corrected chi connectivity index (χ3v) is 5.57. The number of hydrogen-bond acceptors (Lipinski definition) is 4. The third kappa shape index (κ3) is 6.66. The molecular weight excluding hydrogens is 336 g/mol. The van der Waals surface area contributed by atoms with E-state index in [0.29, 0.717) is 4.90 Å². The second-order valence-electron chi connectivity index (χ2n) is 6.45. The molecule has 0 unspecified atom stereocenters. The monoisotopic (exact) mass is 366 g/mol. The molecule has 6 nitrogen and oxygen atoms in total. The Kier molecular flexibility index (Phi) is 7.25. The maximum absolute atomic E-state index is 11.5. The smallest absolute Gasteiger partial charge is 0.191 e. The lowest BCUT2D eigenvalue weighted by atomic mass is 10.1. The summed E-state index contributed by atoms with van der Waals surface area (Å²) in [7, 11) is -1.36.